The SMILES string of the molecule is O=C(Nc1ccccc1Cl)c1ccc2nc[nH]c2c1. The number of hydrogen-bond acceptors (Lipinski definition) is 2. The van der Waals surface area contributed by atoms with Crippen LogP contribution >= 0.6 is 11.6 Å². The van der Waals surface area contributed by atoms with Crippen LogP contribution in [-0.4, -0.2) is 15.9 Å². The molecule has 0 aliphatic heterocycles. The first-order valence-electron chi connectivity index (χ1n) is 5.73. The number of H-pyrrole nitrogens is 1. The first-order valence-corrected chi connectivity index (χ1v) is 6.11. The Kier molecular flexibility index (Phi) is 2.93. The molecule has 0 spiro atoms. The maximum Gasteiger partial charge on any atom is 0.255 e. The Bertz CT molecular complexity index is 751. The summed E-state index contributed by atoms with van der Waals surface area (Å²) in [4.78, 5) is 19.2. The van der Waals surface area contributed by atoms with Crippen LogP contribution in [0.1, 0.15) is 10.4 Å². The van der Waals surface area contributed by atoms with Gasteiger partial charge in [-0.25, -0.2) is 4.98 Å². The Hall–Kier alpha value is -2.33. The monoisotopic (exact) mass is 271 g/mol. The number of amides is 1. The standard InChI is InChI=1S/C14H10ClN3O/c15-10-3-1-2-4-11(10)18-14(19)9-5-6-12-13(7-9)17-8-16-12/h1-8H,(H,16,17)(H,18,19). The van der Waals surface area contributed by atoms with E-state index in [0.29, 0.717) is 16.3 Å². The van der Waals surface area contributed by atoms with Gasteiger partial charge in [0.1, 0.15) is 0 Å². The number of imidazole rings is 1. The van der Waals surface area contributed by atoms with Gasteiger partial charge in [0.25, 0.3) is 5.91 Å². The molecule has 0 radical (unpaired) electrons. The lowest BCUT2D eigenvalue weighted by atomic mass is 10.2. The molecular formula is C14H10ClN3O. The number of fused-ring (bicyclic) bond motifs is 1. The molecule has 0 fully saturated rings. The van der Waals surface area contributed by atoms with Gasteiger partial charge >= 0.3 is 0 Å². The maximum atomic E-state index is 12.1. The Morgan fingerprint density at radius 3 is 2.89 bits per heavy atom. The van der Waals surface area contributed by atoms with Crippen molar-refractivity contribution in [3.05, 3.63) is 59.4 Å². The average molecular weight is 272 g/mol. The van der Waals surface area contributed by atoms with E-state index in [4.69, 9.17) is 11.6 Å². The third kappa shape index (κ3) is 2.30. The van der Waals surface area contributed by atoms with Crippen LogP contribution < -0.4 is 5.32 Å². The number of nitrogens with zero attached hydrogens (tertiary/aromatic N) is 1. The first kappa shape index (κ1) is 11.7. The van der Waals surface area contributed by atoms with Crippen molar-refractivity contribution in [3.8, 4) is 0 Å². The molecule has 0 unspecified atom stereocenters. The zero-order valence-electron chi connectivity index (χ0n) is 9.85. The number of carbonyl (C=O) groups excluding carboxylic acids is 1. The number of anilines is 1. The molecule has 3 rings (SSSR count). The number of aromatic nitrogens is 2. The third-order valence-corrected chi connectivity index (χ3v) is 3.13. The molecule has 0 saturated carbocycles. The van der Waals surface area contributed by atoms with Gasteiger partial charge in [-0.1, -0.05) is 23.7 Å². The van der Waals surface area contributed by atoms with E-state index in [1.54, 1.807) is 36.7 Å². The minimum atomic E-state index is -0.204. The fourth-order valence-electron chi connectivity index (χ4n) is 1.83. The number of halogens is 1. The lowest BCUT2D eigenvalue weighted by Crippen LogP contribution is -2.12. The first-order chi connectivity index (χ1) is 9.24. The van der Waals surface area contributed by atoms with E-state index in [1.807, 2.05) is 12.1 Å². The summed E-state index contributed by atoms with van der Waals surface area (Å²) in [5.74, 6) is -0.204. The van der Waals surface area contributed by atoms with E-state index in [1.165, 1.54) is 0 Å². The highest BCUT2D eigenvalue weighted by molar-refractivity contribution is 6.33. The van der Waals surface area contributed by atoms with E-state index in [9.17, 15) is 4.79 Å². The molecule has 1 heterocycles. The molecular weight excluding hydrogens is 262 g/mol. The predicted octanol–water partition coefficient (Wildman–Crippen LogP) is 3.47. The molecule has 5 heteroatoms. The summed E-state index contributed by atoms with van der Waals surface area (Å²) >= 11 is 6.00. The fourth-order valence-corrected chi connectivity index (χ4v) is 2.02. The molecule has 4 nitrogen and oxygen atoms in total. The van der Waals surface area contributed by atoms with Crippen molar-refractivity contribution in [2.24, 2.45) is 0 Å². The van der Waals surface area contributed by atoms with Gasteiger partial charge in [0.05, 0.1) is 28.1 Å². The smallest absolute Gasteiger partial charge is 0.255 e. The van der Waals surface area contributed by atoms with Crippen LogP contribution in [0, 0.1) is 0 Å². The third-order valence-electron chi connectivity index (χ3n) is 2.80. The molecule has 3 aromatic rings. The van der Waals surface area contributed by atoms with Crippen LogP contribution in [0.25, 0.3) is 11.0 Å². The molecule has 0 aliphatic rings. The predicted molar refractivity (Wildman–Crippen MR) is 75.5 cm³/mol. The summed E-state index contributed by atoms with van der Waals surface area (Å²) in [5, 5.41) is 3.29. The second-order valence-corrected chi connectivity index (χ2v) is 4.48. The second-order valence-electron chi connectivity index (χ2n) is 4.07. The van der Waals surface area contributed by atoms with E-state index in [-0.39, 0.29) is 5.91 Å². The zero-order valence-corrected chi connectivity index (χ0v) is 10.6. The molecule has 0 bridgehead atoms. The topological polar surface area (TPSA) is 57.8 Å². The lowest BCUT2D eigenvalue weighted by Gasteiger charge is -2.06. The van der Waals surface area contributed by atoms with Gasteiger partial charge in [0, 0.05) is 5.56 Å². The van der Waals surface area contributed by atoms with Crippen molar-refractivity contribution in [2.45, 2.75) is 0 Å². The molecule has 19 heavy (non-hydrogen) atoms. The van der Waals surface area contributed by atoms with Crippen molar-refractivity contribution in [1.29, 1.82) is 0 Å². The summed E-state index contributed by atoms with van der Waals surface area (Å²) in [7, 11) is 0. The number of nitrogens with one attached hydrogen (secondary N) is 2. The Balaban J connectivity index is 1.89. The molecule has 1 aromatic heterocycles. The van der Waals surface area contributed by atoms with E-state index >= 15 is 0 Å². The summed E-state index contributed by atoms with van der Waals surface area (Å²) in [6, 6.07) is 12.4. The molecule has 94 valence electrons. The minimum absolute atomic E-state index is 0.204. The van der Waals surface area contributed by atoms with Crippen molar-refractivity contribution in [3.63, 3.8) is 0 Å². The van der Waals surface area contributed by atoms with Crippen LogP contribution in [-0.2, 0) is 0 Å². The Morgan fingerprint density at radius 1 is 1.21 bits per heavy atom. The highest BCUT2D eigenvalue weighted by atomic mass is 35.5. The lowest BCUT2D eigenvalue weighted by molar-refractivity contribution is 0.102. The van der Waals surface area contributed by atoms with Crippen LogP contribution in [0.15, 0.2) is 48.8 Å². The van der Waals surface area contributed by atoms with Gasteiger partial charge < -0.3 is 10.3 Å². The quantitative estimate of drug-likeness (QED) is 0.750. The number of carbonyl (C=O) groups is 1. The molecule has 1 amide bonds. The number of rotatable bonds is 2. The van der Waals surface area contributed by atoms with Crippen molar-refractivity contribution < 1.29 is 4.79 Å². The molecule has 2 aromatic carbocycles. The molecule has 0 aliphatic carbocycles. The van der Waals surface area contributed by atoms with Crippen molar-refractivity contribution in [1.82, 2.24) is 9.97 Å². The minimum Gasteiger partial charge on any atom is -0.345 e. The summed E-state index contributed by atoms with van der Waals surface area (Å²) < 4.78 is 0. The van der Waals surface area contributed by atoms with Gasteiger partial charge in [0.2, 0.25) is 0 Å². The molecule has 0 atom stereocenters. The Labute approximate surface area is 114 Å². The van der Waals surface area contributed by atoms with Gasteiger partial charge in [-0.05, 0) is 30.3 Å². The van der Waals surface area contributed by atoms with Gasteiger partial charge in [0.15, 0.2) is 0 Å². The van der Waals surface area contributed by atoms with Crippen LogP contribution in [0.5, 0.6) is 0 Å². The maximum absolute atomic E-state index is 12.1. The van der Waals surface area contributed by atoms with Crippen molar-refractivity contribution >= 4 is 34.2 Å². The van der Waals surface area contributed by atoms with Gasteiger partial charge in [-0.3, -0.25) is 4.79 Å². The second kappa shape index (κ2) is 4.74. The highest BCUT2D eigenvalue weighted by Crippen LogP contribution is 2.21. The summed E-state index contributed by atoms with van der Waals surface area (Å²) in [5.41, 5.74) is 2.80. The van der Waals surface area contributed by atoms with E-state index in [0.717, 1.165) is 11.0 Å². The average Bonchev–Trinajstić information content (AvgIpc) is 2.88. The van der Waals surface area contributed by atoms with Crippen LogP contribution in [0.2, 0.25) is 5.02 Å². The Morgan fingerprint density at radius 2 is 2.05 bits per heavy atom. The molecule has 2 N–H and O–H groups in total. The van der Waals surface area contributed by atoms with Gasteiger partial charge in [-0.15, -0.1) is 0 Å². The molecule has 0 saturated heterocycles. The normalized spacial score (nSPS) is 10.6. The summed E-state index contributed by atoms with van der Waals surface area (Å²) in [6.45, 7) is 0. The fraction of sp³-hybridized carbons (Fsp3) is 0. The van der Waals surface area contributed by atoms with E-state index in [2.05, 4.69) is 15.3 Å². The number of para-hydroxylation sites is 1. The number of aromatic amines is 1. The number of benzene rings is 2. The highest BCUT2D eigenvalue weighted by Gasteiger charge is 2.09. The number of hydrogen-bond donors (Lipinski definition) is 2. The van der Waals surface area contributed by atoms with Crippen LogP contribution in [0.3, 0.4) is 0 Å². The van der Waals surface area contributed by atoms with Crippen LogP contribution in [0.4, 0.5) is 5.69 Å². The van der Waals surface area contributed by atoms with Crippen molar-refractivity contribution in [2.75, 3.05) is 5.32 Å². The van der Waals surface area contributed by atoms with Gasteiger partial charge in [-0.2, -0.15) is 0 Å². The largest absolute Gasteiger partial charge is 0.345 e. The summed E-state index contributed by atoms with van der Waals surface area (Å²) in [6.07, 6.45) is 1.60. The zero-order chi connectivity index (χ0) is 13.2. The van der Waals surface area contributed by atoms with E-state index < -0.39 is 0 Å².